The quantitative estimate of drug-likeness (QED) is 0.689. The van der Waals surface area contributed by atoms with Gasteiger partial charge in [-0.3, -0.25) is 9.59 Å². The summed E-state index contributed by atoms with van der Waals surface area (Å²) in [4.78, 5) is 27.5. The molecule has 0 spiro atoms. The van der Waals surface area contributed by atoms with Gasteiger partial charge in [0.2, 0.25) is 5.91 Å². The van der Waals surface area contributed by atoms with Crippen molar-refractivity contribution in [1.29, 1.82) is 0 Å². The third kappa shape index (κ3) is 3.92. The lowest BCUT2D eigenvalue weighted by molar-refractivity contribution is -0.114. The number of hydrogen-bond donors (Lipinski definition) is 2. The van der Waals surface area contributed by atoms with E-state index in [-0.39, 0.29) is 16.6 Å². The first-order chi connectivity index (χ1) is 11.9. The average Bonchev–Trinajstić information content (AvgIpc) is 2.55. The van der Waals surface area contributed by atoms with Crippen LogP contribution in [0.1, 0.15) is 17.3 Å². The number of benzene rings is 2. The highest BCUT2D eigenvalue weighted by molar-refractivity contribution is 6.33. The Balaban J connectivity index is 1.83. The van der Waals surface area contributed by atoms with Crippen LogP contribution in [0.3, 0.4) is 0 Å². The second kappa shape index (κ2) is 6.86. The molecule has 2 N–H and O–H groups in total. The Morgan fingerprint density at radius 1 is 1.00 bits per heavy atom. The van der Waals surface area contributed by atoms with E-state index in [1.54, 1.807) is 30.3 Å². The maximum Gasteiger partial charge on any atom is 0.258 e. The Morgan fingerprint density at radius 2 is 1.64 bits per heavy atom. The van der Waals surface area contributed by atoms with Gasteiger partial charge in [0, 0.05) is 29.8 Å². The van der Waals surface area contributed by atoms with E-state index in [4.69, 9.17) is 11.6 Å². The van der Waals surface area contributed by atoms with Crippen molar-refractivity contribution in [2.24, 2.45) is 0 Å². The highest BCUT2D eigenvalue weighted by Crippen LogP contribution is 2.23. The van der Waals surface area contributed by atoms with Crippen LogP contribution >= 0.6 is 11.6 Å². The number of halogens is 2. The predicted molar refractivity (Wildman–Crippen MR) is 95.4 cm³/mol. The number of hydrogen-bond acceptors (Lipinski definition) is 3. The molecule has 0 aliphatic rings. The number of nitrogens with zero attached hydrogens (tertiary/aromatic N) is 1. The van der Waals surface area contributed by atoms with Gasteiger partial charge < -0.3 is 10.6 Å². The van der Waals surface area contributed by atoms with Crippen LogP contribution in [0, 0.1) is 5.82 Å². The zero-order chi connectivity index (χ0) is 18.0. The monoisotopic (exact) mass is 357 g/mol. The van der Waals surface area contributed by atoms with Crippen molar-refractivity contribution in [3.05, 3.63) is 65.1 Å². The van der Waals surface area contributed by atoms with E-state index in [1.807, 2.05) is 0 Å². The van der Waals surface area contributed by atoms with E-state index in [2.05, 4.69) is 15.6 Å². The van der Waals surface area contributed by atoms with Gasteiger partial charge in [-0.1, -0.05) is 11.6 Å². The molecule has 25 heavy (non-hydrogen) atoms. The Kier molecular flexibility index (Phi) is 4.63. The van der Waals surface area contributed by atoms with Crippen molar-refractivity contribution >= 4 is 45.7 Å². The average molecular weight is 358 g/mol. The fourth-order valence-corrected chi connectivity index (χ4v) is 2.55. The summed E-state index contributed by atoms with van der Waals surface area (Å²) in [6.45, 7) is 1.41. The van der Waals surface area contributed by atoms with Crippen molar-refractivity contribution in [3.8, 4) is 0 Å². The van der Waals surface area contributed by atoms with Gasteiger partial charge in [-0.15, -0.1) is 0 Å². The molecule has 5 nitrogen and oxygen atoms in total. The molecule has 2 aromatic carbocycles. The number of amides is 2. The number of carbonyl (C=O) groups is 2. The van der Waals surface area contributed by atoms with Crippen molar-refractivity contribution in [2.45, 2.75) is 6.92 Å². The van der Waals surface area contributed by atoms with Gasteiger partial charge in [0.05, 0.1) is 11.1 Å². The topological polar surface area (TPSA) is 71.1 Å². The lowest BCUT2D eigenvalue weighted by Crippen LogP contribution is -2.13. The first-order valence-corrected chi connectivity index (χ1v) is 7.75. The van der Waals surface area contributed by atoms with Gasteiger partial charge in [0.15, 0.2) is 0 Å². The summed E-state index contributed by atoms with van der Waals surface area (Å²) >= 11 is 6.06. The second-order valence-corrected chi connectivity index (χ2v) is 5.73. The summed E-state index contributed by atoms with van der Waals surface area (Å²) in [5.41, 5.74) is 1.72. The number of pyridine rings is 1. The Labute approximate surface area is 147 Å². The van der Waals surface area contributed by atoms with Gasteiger partial charge in [0.25, 0.3) is 5.91 Å². The molecular formula is C18H13ClFN3O2. The Hall–Kier alpha value is -2.99. The largest absolute Gasteiger partial charge is 0.326 e. The molecule has 0 unspecified atom stereocenters. The van der Waals surface area contributed by atoms with Crippen molar-refractivity contribution < 1.29 is 14.0 Å². The van der Waals surface area contributed by atoms with Gasteiger partial charge in [-0.25, -0.2) is 9.37 Å². The van der Waals surface area contributed by atoms with Crippen LogP contribution in [0.2, 0.25) is 5.15 Å². The number of rotatable bonds is 3. The van der Waals surface area contributed by atoms with Crippen LogP contribution in [0.5, 0.6) is 0 Å². The molecule has 0 atom stereocenters. The van der Waals surface area contributed by atoms with E-state index in [9.17, 15) is 14.0 Å². The molecule has 0 fully saturated rings. The van der Waals surface area contributed by atoms with E-state index < -0.39 is 11.7 Å². The van der Waals surface area contributed by atoms with E-state index in [1.165, 1.54) is 25.1 Å². The standard InChI is InChI=1S/C18H13ClFN3O2/c1-10(24)21-13-4-6-14(7-5-13)22-18(25)15-8-11-2-3-12(20)9-16(11)23-17(15)19/h2-9H,1H3,(H,21,24)(H,22,25). The molecule has 1 aromatic heterocycles. The van der Waals surface area contributed by atoms with Crippen LogP contribution in [0.4, 0.5) is 15.8 Å². The van der Waals surface area contributed by atoms with Crippen molar-refractivity contribution in [1.82, 2.24) is 4.98 Å². The summed E-state index contributed by atoms with van der Waals surface area (Å²) in [5.74, 6) is -1.04. The summed E-state index contributed by atoms with van der Waals surface area (Å²) in [5, 5.41) is 5.94. The molecule has 0 aliphatic heterocycles. The zero-order valence-corrected chi connectivity index (χ0v) is 13.9. The van der Waals surface area contributed by atoms with Crippen LogP contribution in [-0.4, -0.2) is 16.8 Å². The minimum atomic E-state index is -0.434. The van der Waals surface area contributed by atoms with Gasteiger partial charge in [-0.2, -0.15) is 0 Å². The van der Waals surface area contributed by atoms with Crippen molar-refractivity contribution in [3.63, 3.8) is 0 Å². The zero-order valence-electron chi connectivity index (χ0n) is 13.1. The molecule has 2 amide bonds. The van der Waals surface area contributed by atoms with E-state index in [0.717, 1.165) is 0 Å². The number of nitrogens with one attached hydrogen (secondary N) is 2. The summed E-state index contributed by atoms with van der Waals surface area (Å²) in [6, 6.07) is 12.3. The molecule has 0 saturated carbocycles. The summed E-state index contributed by atoms with van der Waals surface area (Å²) in [6.07, 6.45) is 0. The smallest absolute Gasteiger partial charge is 0.258 e. The number of aromatic nitrogens is 1. The number of carbonyl (C=O) groups excluding carboxylic acids is 2. The first-order valence-electron chi connectivity index (χ1n) is 7.37. The third-order valence-electron chi connectivity index (χ3n) is 3.44. The molecule has 3 aromatic rings. The van der Waals surface area contributed by atoms with E-state index in [0.29, 0.717) is 22.3 Å². The SMILES string of the molecule is CC(=O)Nc1ccc(NC(=O)c2cc3ccc(F)cc3nc2Cl)cc1. The van der Waals surface area contributed by atoms with Gasteiger partial charge in [-0.05, 0) is 42.5 Å². The van der Waals surface area contributed by atoms with Crippen LogP contribution < -0.4 is 10.6 Å². The van der Waals surface area contributed by atoms with Crippen LogP contribution in [-0.2, 0) is 4.79 Å². The highest BCUT2D eigenvalue weighted by Gasteiger charge is 2.14. The second-order valence-electron chi connectivity index (χ2n) is 5.38. The minimum absolute atomic E-state index is 0.00883. The molecule has 3 rings (SSSR count). The fourth-order valence-electron chi connectivity index (χ4n) is 2.31. The Bertz CT molecular complexity index is 974. The summed E-state index contributed by atoms with van der Waals surface area (Å²) in [7, 11) is 0. The molecule has 0 radical (unpaired) electrons. The van der Waals surface area contributed by atoms with Gasteiger partial charge >= 0.3 is 0 Å². The molecule has 7 heteroatoms. The number of fused-ring (bicyclic) bond motifs is 1. The predicted octanol–water partition coefficient (Wildman–Crippen LogP) is 4.24. The van der Waals surface area contributed by atoms with E-state index >= 15 is 0 Å². The fraction of sp³-hybridized carbons (Fsp3) is 0.0556. The molecule has 0 aliphatic carbocycles. The molecule has 126 valence electrons. The first kappa shape index (κ1) is 16.9. The van der Waals surface area contributed by atoms with Crippen molar-refractivity contribution in [2.75, 3.05) is 10.6 Å². The summed E-state index contributed by atoms with van der Waals surface area (Å²) < 4.78 is 13.2. The lowest BCUT2D eigenvalue weighted by atomic mass is 10.1. The minimum Gasteiger partial charge on any atom is -0.326 e. The molecular weight excluding hydrogens is 345 g/mol. The maximum absolute atomic E-state index is 13.2. The van der Waals surface area contributed by atoms with Gasteiger partial charge in [0.1, 0.15) is 11.0 Å². The molecule has 1 heterocycles. The third-order valence-corrected chi connectivity index (χ3v) is 3.73. The lowest BCUT2D eigenvalue weighted by Gasteiger charge is -2.09. The van der Waals surface area contributed by atoms with Crippen LogP contribution in [0.15, 0.2) is 48.5 Å². The maximum atomic E-state index is 13.2. The normalized spacial score (nSPS) is 10.5. The molecule has 0 bridgehead atoms. The van der Waals surface area contributed by atoms with Crippen LogP contribution in [0.25, 0.3) is 10.9 Å². The molecule has 0 saturated heterocycles. The Morgan fingerprint density at radius 3 is 2.28 bits per heavy atom. The number of anilines is 2. The highest BCUT2D eigenvalue weighted by atomic mass is 35.5.